The highest BCUT2D eigenvalue weighted by Crippen LogP contribution is 2.26. The molecule has 6 atom stereocenters. The Morgan fingerprint density at radius 1 is 0.391 bits per heavy atom. The topological polar surface area (TPSA) is 175 Å². The average Bonchev–Trinajstić information content (AvgIpc) is 2.56. The number of aliphatic hydroxyl groups excluding tert-OH is 2. The van der Waals surface area contributed by atoms with Crippen LogP contribution in [-0.4, -0.2) is 89.2 Å². The molecule has 0 amide bonds. The van der Waals surface area contributed by atoms with E-state index in [9.17, 15) is 34.5 Å². The van der Waals surface area contributed by atoms with Gasteiger partial charge in [0.25, 0.3) is 0 Å². The van der Waals surface area contributed by atoms with Crippen molar-refractivity contribution in [3.8, 4) is 0 Å². The quantitative estimate of drug-likeness (QED) is 0.0228. The predicted molar refractivity (Wildman–Crippen MR) is 358 cm³/mol. The van der Waals surface area contributed by atoms with Crippen LogP contribution in [0.1, 0.15) is 252 Å². The molecule has 12 heteroatoms. The number of allylic oxidation sites excluding steroid dienone is 24. The zero-order chi connectivity index (χ0) is 63.1. The third-order valence-electron chi connectivity index (χ3n) is 14.4. The Bertz CT molecular complexity index is 2070. The smallest absolute Gasteiger partial charge is 0.335 e. The summed E-state index contributed by atoms with van der Waals surface area (Å²) in [4.78, 5) is 51.5. The first kappa shape index (κ1) is 79.6. The van der Waals surface area contributed by atoms with E-state index >= 15 is 0 Å². The van der Waals surface area contributed by atoms with Gasteiger partial charge in [-0.25, -0.2) is 4.79 Å². The van der Waals surface area contributed by atoms with E-state index < -0.39 is 67.3 Å². The van der Waals surface area contributed by atoms with E-state index in [1.807, 2.05) is 0 Å². The van der Waals surface area contributed by atoms with E-state index in [0.717, 1.165) is 167 Å². The molecule has 1 aliphatic rings. The Balaban J connectivity index is 2.71. The molecule has 0 saturated carbocycles. The van der Waals surface area contributed by atoms with Crippen molar-refractivity contribution < 1.29 is 58.2 Å². The van der Waals surface area contributed by atoms with Crippen LogP contribution in [-0.2, 0) is 42.9 Å². The highest BCUT2D eigenvalue weighted by Gasteiger charge is 2.50. The maximum atomic E-state index is 13.2. The molecular weight excluding hydrogens is 1090 g/mol. The molecule has 0 aromatic heterocycles. The summed E-state index contributed by atoms with van der Waals surface area (Å²) in [5.41, 5.74) is 0. The van der Waals surface area contributed by atoms with Gasteiger partial charge in [-0.2, -0.15) is 0 Å². The lowest BCUT2D eigenvalue weighted by Crippen LogP contribution is -2.61. The minimum Gasteiger partial charge on any atom is -0.479 e. The number of carbonyl (C=O) groups is 4. The maximum absolute atomic E-state index is 13.2. The molecule has 12 nitrogen and oxygen atoms in total. The van der Waals surface area contributed by atoms with Gasteiger partial charge in [-0.3, -0.25) is 14.4 Å². The molecule has 1 fully saturated rings. The van der Waals surface area contributed by atoms with Crippen LogP contribution in [0.5, 0.6) is 0 Å². The number of aliphatic carboxylic acids is 1. The lowest BCUT2D eigenvalue weighted by Gasteiger charge is -2.40. The highest BCUT2D eigenvalue weighted by atomic mass is 16.7. The van der Waals surface area contributed by atoms with E-state index in [-0.39, 0.29) is 25.9 Å². The summed E-state index contributed by atoms with van der Waals surface area (Å²) in [7, 11) is 0. The van der Waals surface area contributed by atoms with E-state index in [2.05, 4.69) is 167 Å². The van der Waals surface area contributed by atoms with Crippen molar-refractivity contribution in [2.24, 2.45) is 0 Å². The number of carbonyl (C=O) groups excluding carboxylic acids is 3. The third kappa shape index (κ3) is 50.2. The SMILES string of the molecule is CC/C=C\C/C=C\C/C=C\C/C=C\C/C=C\CCCCCC(=O)OCC(COC1OC(C(=O)O)C(O)C(O)C1OC(=O)CCCCCCCC/C=C\C/C=C\C/C=C\C/C=C\CC)OC(=O)CCCCCCCC/C=C\C/C=C\C/C=C\CCCCC. The second-order valence-electron chi connectivity index (χ2n) is 22.3. The van der Waals surface area contributed by atoms with Crippen molar-refractivity contribution in [1.29, 1.82) is 0 Å². The van der Waals surface area contributed by atoms with Gasteiger partial charge in [-0.1, -0.05) is 237 Å². The van der Waals surface area contributed by atoms with Gasteiger partial charge in [-0.15, -0.1) is 0 Å². The molecule has 0 aliphatic carbocycles. The first-order chi connectivity index (χ1) is 42.6. The van der Waals surface area contributed by atoms with Gasteiger partial charge in [0.05, 0.1) is 6.61 Å². The van der Waals surface area contributed by atoms with E-state index in [1.165, 1.54) is 25.7 Å². The van der Waals surface area contributed by atoms with Crippen LogP contribution in [0, 0.1) is 0 Å². The molecule has 0 aromatic carbocycles. The summed E-state index contributed by atoms with van der Waals surface area (Å²) in [5, 5.41) is 31.7. The first-order valence-electron chi connectivity index (χ1n) is 33.8. The minimum atomic E-state index is -1.93. The van der Waals surface area contributed by atoms with Gasteiger partial charge in [0.15, 0.2) is 24.6 Å². The monoisotopic (exact) mass is 1210 g/mol. The molecule has 1 saturated heterocycles. The molecule has 0 spiro atoms. The van der Waals surface area contributed by atoms with Crippen molar-refractivity contribution in [3.05, 3.63) is 146 Å². The van der Waals surface area contributed by atoms with Gasteiger partial charge in [0.2, 0.25) is 0 Å². The van der Waals surface area contributed by atoms with Crippen LogP contribution in [0.2, 0.25) is 0 Å². The van der Waals surface area contributed by atoms with Crippen molar-refractivity contribution in [2.45, 2.75) is 289 Å². The number of hydrogen-bond acceptors (Lipinski definition) is 11. The summed E-state index contributed by atoms with van der Waals surface area (Å²) in [5.74, 6) is -3.21. The summed E-state index contributed by atoms with van der Waals surface area (Å²) in [6.45, 7) is 5.71. The molecule has 0 bridgehead atoms. The molecule has 0 aromatic rings. The standard InChI is InChI=1S/C75H118O12/c1-4-7-10-13-16-19-22-25-28-31-34-37-40-43-46-49-52-55-58-61-67(76)83-64-66(85-68(77)62-59-56-53-50-47-44-41-38-35-32-29-26-23-20-17-14-11-8-5-2)65-84-75-73(71(80)70(79)72(87-75)74(81)82)86-69(78)63-60-57-54-51-48-45-42-39-36-33-30-27-24-21-18-15-12-9-6-3/h7,9-10,12,16-21,25-30,34-39,43,46,66,70-73,75,79-80H,4-6,8,11,13-15,22-24,31-33,40-42,44-45,47-65H2,1-3H3,(H,81,82)/b10-7-,12-9-,19-16-,20-17-,21-18-,28-25-,29-26-,30-27-,37-34-,38-35-,39-36-,46-43-. The van der Waals surface area contributed by atoms with Crippen molar-refractivity contribution in [1.82, 2.24) is 0 Å². The summed E-state index contributed by atoms with van der Waals surface area (Å²) in [6.07, 6.45) is 75.0. The normalized spacial score (nSPS) is 18.3. The zero-order valence-electron chi connectivity index (χ0n) is 54.2. The van der Waals surface area contributed by atoms with Crippen molar-refractivity contribution in [3.63, 3.8) is 0 Å². The summed E-state index contributed by atoms with van der Waals surface area (Å²) in [6, 6.07) is 0. The average molecular weight is 1210 g/mol. The molecule has 1 rings (SSSR count). The first-order valence-corrected chi connectivity index (χ1v) is 33.8. The number of carboxylic acids is 1. The third-order valence-corrected chi connectivity index (χ3v) is 14.4. The van der Waals surface area contributed by atoms with Crippen LogP contribution >= 0.6 is 0 Å². The lowest BCUT2D eigenvalue weighted by atomic mass is 9.98. The number of carboxylic acid groups (broad SMARTS) is 1. The van der Waals surface area contributed by atoms with Crippen LogP contribution in [0.3, 0.4) is 0 Å². The van der Waals surface area contributed by atoms with E-state index in [1.54, 1.807) is 0 Å². The number of ether oxygens (including phenoxy) is 5. The molecule has 6 unspecified atom stereocenters. The molecule has 490 valence electrons. The number of aliphatic hydroxyl groups is 2. The minimum absolute atomic E-state index is 0.0309. The number of rotatable bonds is 56. The summed E-state index contributed by atoms with van der Waals surface area (Å²) < 4.78 is 28.5. The van der Waals surface area contributed by atoms with Gasteiger partial charge in [-0.05, 0) is 141 Å². The van der Waals surface area contributed by atoms with Gasteiger partial charge in [0.1, 0.15) is 18.8 Å². The molecule has 1 aliphatic heterocycles. The Hall–Kier alpha value is -5.40. The van der Waals surface area contributed by atoms with Crippen LogP contribution in [0.25, 0.3) is 0 Å². The van der Waals surface area contributed by atoms with Crippen molar-refractivity contribution in [2.75, 3.05) is 13.2 Å². The predicted octanol–water partition coefficient (Wildman–Crippen LogP) is 18.7. The van der Waals surface area contributed by atoms with Gasteiger partial charge >= 0.3 is 23.9 Å². The van der Waals surface area contributed by atoms with Gasteiger partial charge < -0.3 is 39.0 Å². The van der Waals surface area contributed by atoms with E-state index in [0.29, 0.717) is 19.3 Å². The Morgan fingerprint density at radius 3 is 1.11 bits per heavy atom. The maximum Gasteiger partial charge on any atom is 0.335 e. The fourth-order valence-corrected chi connectivity index (χ4v) is 9.27. The molecule has 1 heterocycles. The second-order valence-corrected chi connectivity index (χ2v) is 22.3. The largest absolute Gasteiger partial charge is 0.479 e. The lowest BCUT2D eigenvalue weighted by molar-refractivity contribution is -0.301. The molecule has 3 N–H and O–H groups in total. The Morgan fingerprint density at radius 2 is 0.724 bits per heavy atom. The highest BCUT2D eigenvalue weighted by molar-refractivity contribution is 5.74. The van der Waals surface area contributed by atoms with Crippen LogP contribution in [0.15, 0.2) is 146 Å². The molecule has 0 radical (unpaired) electrons. The Kier molecular flexibility index (Phi) is 55.7. The Labute approximate surface area is 527 Å². The number of hydrogen-bond donors (Lipinski definition) is 3. The van der Waals surface area contributed by atoms with E-state index in [4.69, 9.17) is 23.7 Å². The number of esters is 3. The fourth-order valence-electron chi connectivity index (χ4n) is 9.27. The van der Waals surface area contributed by atoms with Crippen molar-refractivity contribution >= 4 is 23.9 Å². The second kappa shape index (κ2) is 60.9. The van der Waals surface area contributed by atoms with Crippen LogP contribution < -0.4 is 0 Å². The van der Waals surface area contributed by atoms with Crippen LogP contribution in [0.4, 0.5) is 0 Å². The molecule has 87 heavy (non-hydrogen) atoms. The van der Waals surface area contributed by atoms with Gasteiger partial charge in [0, 0.05) is 19.3 Å². The molecular formula is C75H118O12. The summed E-state index contributed by atoms with van der Waals surface area (Å²) >= 11 is 0. The fraction of sp³-hybridized carbons (Fsp3) is 0.627. The number of unbranched alkanes of at least 4 members (excludes halogenated alkanes) is 18. The zero-order valence-corrected chi connectivity index (χ0v) is 54.2.